The summed E-state index contributed by atoms with van der Waals surface area (Å²) in [5.41, 5.74) is 1.61. The number of aliphatic hydroxyl groups excluding tert-OH is 1. The number of rotatable bonds is 12. The van der Waals surface area contributed by atoms with Crippen LogP contribution in [0.5, 0.6) is 5.75 Å². The average molecular weight is 604 g/mol. The van der Waals surface area contributed by atoms with Crippen LogP contribution in [0.1, 0.15) is 25.3 Å². The SMILES string of the molecule is C=CCN(C)C(=O)[C@@H]1[C@H]2C(=O)N([C@@H](CO)Cc3ccccc3)C(C(=O)N(CC=C)c3ccc(OC)cc3)C23CC[C@@]1(C)S3. The molecule has 6 atom stereocenters. The predicted octanol–water partition coefficient (Wildman–Crippen LogP) is 3.94. The second kappa shape index (κ2) is 12.2. The zero-order valence-electron chi connectivity index (χ0n) is 25.1. The van der Waals surface area contributed by atoms with Gasteiger partial charge in [0.05, 0.1) is 36.3 Å². The van der Waals surface area contributed by atoms with E-state index in [0.717, 1.165) is 5.56 Å². The summed E-state index contributed by atoms with van der Waals surface area (Å²) in [6, 6.07) is 15.4. The molecule has 2 unspecified atom stereocenters. The quantitative estimate of drug-likeness (QED) is 0.370. The maximum atomic E-state index is 14.9. The lowest BCUT2D eigenvalue weighted by molar-refractivity contribution is -0.145. The Balaban J connectivity index is 1.62. The molecule has 0 saturated carbocycles. The minimum Gasteiger partial charge on any atom is -0.497 e. The molecule has 3 fully saturated rings. The number of aliphatic hydroxyl groups is 1. The predicted molar refractivity (Wildman–Crippen MR) is 170 cm³/mol. The molecular weight excluding hydrogens is 562 g/mol. The van der Waals surface area contributed by atoms with Crippen LogP contribution in [0.4, 0.5) is 5.69 Å². The number of likely N-dealkylation sites (N-methyl/N-ethyl adjacent to an activating group) is 1. The van der Waals surface area contributed by atoms with E-state index >= 15 is 0 Å². The molecule has 2 aromatic carbocycles. The van der Waals surface area contributed by atoms with E-state index < -0.39 is 33.4 Å². The Labute approximate surface area is 258 Å². The average Bonchev–Trinajstić information content (AvgIpc) is 3.59. The van der Waals surface area contributed by atoms with E-state index in [1.165, 1.54) is 0 Å². The number of amides is 3. The van der Waals surface area contributed by atoms with Crippen molar-refractivity contribution in [3.63, 3.8) is 0 Å². The van der Waals surface area contributed by atoms with Gasteiger partial charge in [-0.3, -0.25) is 14.4 Å². The van der Waals surface area contributed by atoms with E-state index in [2.05, 4.69) is 20.1 Å². The van der Waals surface area contributed by atoms with Gasteiger partial charge in [-0.1, -0.05) is 42.5 Å². The lowest BCUT2D eigenvalue weighted by Gasteiger charge is -2.39. The first kappa shape index (κ1) is 30.9. The molecule has 9 heteroatoms. The molecule has 2 aromatic rings. The zero-order valence-corrected chi connectivity index (χ0v) is 26.0. The van der Waals surface area contributed by atoms with Crippen molar-refractivity contribution in [1.29, 1.82) is 0 Å². The molecule has 2 bridgehead atoms. The summed E-state index contributed by atoms with van der Waals surface area (Å²) in [6.07, 6.45) is 5.07. The molecule has 228 valence electrons. The molecule has 8 nitrogen and oxygen atoms in total. The lowest BCUT2D eigenvalue weighted by Crippen LogP contribution is -2.58. The maximum absolute atomic E-state index is 14.9. The summed E-state index contributed by atoms with van der Waals surface area (Å²) < 4.78 is 4.03. The Hall–Kier alpha value is -3.56. The normalized spacial score (nSPS) is 27.9. The van der Waals surface area contributed by atoms with Gasteiger partial charge >= 0.3 is 0 Å². The second-order valence-electron chi connectivity index (χ2n) is 11.9. The summed E-state index contributed by atoms with van der Waals surface area (Å²) in [5.74, 6) is -1.19. The van der Waals surface area contributed by atoms with Gasteiger partial charge in [-0.25, -0.2) is 0 Å². The van der Waals surface area contributed by atoms with E-state index in [0.29, 0.717) is 37.2 Å². The molecule has 3 heterocycles. The number of ether oxygens (including phenoxy) is 1. The maximum Gasteiger partial charge on any atom is 0.251 e. The van der Waals surface area contributed by atoms with Crippen LogP contribution in [-0.4, -0.2) is 88.1 Å². The number of anilines is 1. The van der Waals surface area contributed by atoms with Crippen molar-refractivity contribution >= 4 is 35.2 Å². The first-order valence-electron chi connectivity index (χ1n) is 14.7. The summed E-state index contributed by atoms with van der Waals surface area (Å²) in [5, 5.41) is 10.8. The summed E-state index contributed by atoms with van der Waals surface area (Å²) in [4.78, 5) is 48.5. The van der Waals surface area contributed by atoms with Crippen molar-refractivity contribution in [1.82, 2.24) is 9.80 Å². The van der Waals surface area contributed by atoms with Crippen LogP contribution < -0.4 is 9.64 Å². The topological polar surface area (TPSA) is 90.4 Å². The third-order valence-corrected chi connectivity index (χ3v) is 11.4. The number of carbonyl (C=O) groups is 3. The number of hydrogen-bond donors (Lipinski definition) is 1. The molecule has 0 aromatic heterocycles. The van der Waals surface area contributed by atoms with Crippen molar-refractivity contribution < 1.29 is 24.2 Å². The van der Waals surface area contributed by atoms with Crippen LogP contribution in [0.2, 0.25) is 0 Å². The van der Waals surface area contributed by atoms with Gasteiger partial charge in [-0.2, -0.15) is 0 Å². The number of thioether (sulfide) groups is 1. The number of benzene rings is 2. The molecule has 1 N–H and O–H groups in total. The number of hydrogen-bond acceptors (Lipinski definition) is 6. The molecule has 3 saturated heterocycles. The standard InChI is InChI=1S/C34H41N3O5S/c1-6-19-35(4)30(39)27-28-31(40)37(25(22-38)21-23-11-9-8-10-12-23)29(34(28)18-17-33(27,3)43-34)32(41)36(20-7-2)24-13-15-26(42-5)16-14-24/h6-16,25,27-29,38H,1-2,17-22H2,3-5H3/t25-,27+,28+,29?,33-,34?/m1/s1. The van der Waals surface area contributed by atoms with Gasteiger partial charge in [0.2, 0.25) is 11.8 Å². The molecule has 5 rings (SSSR count). The van der Waals surface area contributed by atoms with E-state index in [1.54, 1.807) is 64.9 Å². The number of methoxy groups -OCH3 is 1. The number of nitrogens with zero attached hydrogens (tertiary/aromatic N) is 3. The number of likely N-dealkylation sites (tertiary alicyclic amines) is 1. The second-order valence-corrected chi connectivity index (χ2v) is 13.8. The van der Waals surface area contributed by atoms with Crippen LogP contribution in [0.25, 0.3) is 0 Å². The molecular formula is C34H41N3O5S. The molecule has 0 radical (unpaired) electrons. The Morgan fingerprint density at radius 2 is 1.77 bits per heavy atom. The highest BCUT2D eigenvalue weighted by Crippen LogP contribution is 2.72. The highest BCUT2D eigenvalue weighted by molar-refractivity contribution is 8.02. The first-order chi connectivity index (χ1) is 20.7. The smallest absolute Gasteiger partial charge is 0.251 e. The molecule has 3 aliphatic rings. The van der Waals surface area contributed by atoms with Gasteiger partial charge in [0.15, 0.2) is 0 Å². The van der Waals surface area contributed by atoms with Crippen LogP contribution in [-0.2, 0) is 20.8 Å². The lowest BCUT2D eigenvalue weighted by atomic mass is 9.66. The minimum atomic E-state index is -0.873. The molecule has 0 aliphatic carbocycles. The fourth-order valence-electron chi connectivity index (χ4n) is 7.43. The first-order valence-corrected chi connectivity index (χ1v) is 15.6. The van der Waals surface area contributed by atoms with Gasteiger partial charge in [-0.05, 0) is 56.0 Å². The van der Waals surface area contributed by atoms with E-state index in [1.807, 2.05) is 42.5 Å². The largest absolute Gasteiger partial charge is 0.497 e. The monoisotopic (exact) mass is 603 g/mol. The fourth-order valence-corrected chi connectivity index (χ4v) is 9.76. The van der Waals surface area contributed by atoms with Crippen LogP contribution >= 0.6 is 11.8 Å². The van der Waals surface area contributed by atoms with Crippen molar-refractivity contribution in [2.24, 2.45) is 11.8 Å². The Bertz CT molecular complexity index is 1380. The summed E-state index contributed by atoms with van der Waals surface area (Å²) >= 11 is 1.63. The van der Waals surface area contributed by atoms with Gasteiger partial charge in [0.25, 0.3) is 5.91 Å². The van der Waals surface area contributed by atoms with Gasteiger partial charge < -0.3 is 24.5 Å². The fraction of sp³-hybridized carbons (Fsp3) is 0.441. The third kappa shape index (κ3) is 5.16. The molecule has 3 aliphatic heterocycles. The number of carbonyl (C=O) groups excluding carboxylic acids is 3. The zero-order chi connectivity index (χ0) is 30.9. The van der Waals surface area contributed by atoms with Crippen LogP contribution in [0.3, 0.4) is 0 Å². The van der Waals surface area contributed by atoms with Gasteiger partial charge in [-0.15, -0.1) is 24.9 Å². The van der Waals surface area contributed by atoms with Crippen molar-refractivity contribution in [3.05, 3.63) is 85.5 Å². The van der Waals surface area contributed by atoms with E-state index in [9.17, 15) is 19.5 Å². The highest BCUT2D eigenvalue weighted by atomic mass is 32.2. The van der Waals surface area contributed by atoms with Crippen LogP contribution in [0.15, 0.2) is 79.9 Å². The Morgan fingerprint density at radius 1 is 1.09 bits per heavy atom. The number of fused-ring (bicyclic) bond motifs is 1. The molecule has 3 amide bonds. The van der Waals surface area contributed by atoms with Crippen molar-refractivity contribution in [2.75, 3.05) is 38.8 Å². The van der Waals surface area contributed by atoms with Gasteiger partial charge in [0, 0.05) is 30.6 Å². The molecule has 43 heavy (non-hydrogen) atoms. The molecule has 1 spiro atoms. The Morgan fingerprint density at radius 3 is 2.37 bits per heavy atom. The summed E-state index contributed by atoms with van der Waals surface area (Å²) in [6.45, 7) is 10.0. The van der Waals surface area contributed by atoms with E-state index in [-0.39, 0.29) is 30.9 Å². The Kier molecular flexibility index (Phi) is 8.77. The van der Waals surface area contributed by atoms with Crippen molar-refractivity contribution in [2.45, 2.75) is 47.8 Å². The van der Waals surface area contributed by atoms with Crippen molar-refractivity contribution in [3.8, 4) is 5.75 Å². The minimum absolute atomic E-state index is 0.107. The third-order valence-electron chi connectivity index (χ3n) is 9.37. The van der Waals surface area contributed by atoms with Crippen LogP contribution in [0, 0.1) is 11.8 Å². The highest BCUT2D eigenvalue weighted by Gasteiger charge is 2.78. The summed E-state index contributed by atoms with van der Waals surface area (Å²) in [7, 11) is 3.32. The van der Waals surface area contributed by atoms with E-state index in [4.69, 9.17) is 4.74 Å². The van der Waals surface area contributed by atoms with Gasteiger partial charge in [0.1, 0.15) is 11.8 Å².